The number of piperidine rings is 1. The van der Waals surface area contributed by atoms with Gasteiger partial charge in [-0.3, -0.25) is 19.3 Å². The summed E-state index contributed by atoms with van der Waals surface area (Å²) in [7, 11) is 0. The van der Waals surface area contributed by atoms with Gasteiger partial charge in [0.1, 0.15) is 5.78 Å². The fraction of sp³-hybridized carbons (Fsp3) is 0.400. The van der Waals surface area contributed by atoms with Crippen molar-refractivity contribution in [3.8, 4) is 0 Å². The summed E-state index contributed by atoms with van der Waals surface area (Å²) >= 11 is 5.83. The molecule has 0 bridgehead atoms. The minimum Gasteiger partial charge on any atom is -0.300 e. The van der Waals surface area contributed by atoms with Gasteiger partial charge in [-0.1, -0.05) is 11.6 Å². The van der Waals surface area contributed by atoms with Crippen molar-refractivity contribution in [2.75, 3.05) is 18.0 Å². The lowest BCUT2D eigenvalue weighted by molar-refractivity contribution is -0.127. The Morgan fingerprint density at radius 2 is 1.62 bits per heavy atom. The molecule has 0 saturated carbocycles. The Labute approximate surface area is 127 Å². The quantitative estimate of drug-likeness (QED) is 0.779. The number of carbonyl (C=O) groups excluding carboxylic acids is 3. The number of Topliss-reactive ketones (excluding diaryl/α,β-unsaturated/α-hetero) is 1. The number of rotatable bonds is 2. The third-order valence-corrected chi connectivity index (χ3v) is 4.26. The summed E-state index contributed by atoms with van der Waals surface area (Å²) in [6, 6.07) is 6.20. The molecule has 1 unspecified atom stereocenters. The summed E-state index contributed by atoms with van der Waals surface area (Å²) < 4.78 is 0. The highest BCUT2D eigenvalue weighted by atomic mass is 35.5. The summed E-state index contributed by atoms with van der Waals surface area (Å²) in [6.07, 6.45) is 1.09. The van der Waals surface area contributed by atoms with Gasteiger partial charge in [-0.25, -0.2) is 4.90 Å². The minimum atomic E-state index is -0.443. The van der Waals surface area contributed by atoms with Crippen molar-refractivity contribution in [2.24, 2.45) is 0 Å². The topological polar surface area (TPSA) is 57.7 Å². The van der Waals surface area contributed by atoms with Gasteiger partial charge in [0.05, 0.1) is 18.2 Å². The fourth-order valence-corrected chi connectivity index (χ4v) is 2.97. The number of benzene rings is 1. The van der Waals surface area contributed by atoms with Crippen LogP contribution in [0.15, 0.2) is 24.3 Å². The Bertz CT molecular complexity index is 589. The van der Waals surface area contributed by atoms with Crippen LogP contribution in [0.2, 0.25) is 5.02 Å². The molecule has 0 spiro atoms. The molecule has 1 aromatic rings. The molecule has 0 radical (unpaired) electrons. The van der Waals surface area contributed by atoms with Gasteiger partial charge in [-0.15, -0.1) is 0 Å². The molecule has 110 valence electrons. The second-order valence-electron chi connectivity index (χ2n) is 5.34. The Morgan fingerprint density at radius 1 is 1.00 bits per heavy atom. The van der Waals surface area contributed by atoms with Crippen LogP contribution < -0.4 is 4.90 Å². The normalized spacial score (nSPS) is 24.0. The van der Waals surface area contributed by atoms with Crippen molar-refractivity contribution in [3.05, 3.63) is 29.3 Å². The molecule has 6 heteroatoms. The van der Waals surface area contributed by atoms with Crippen molar-refractivity contribution in [3.63, 3.8) is 0 Å². The third kappa shape index (κ3) is 2.71. The number of hydrogen-bond donors (Lipinski definition) is 0. The lowest BCUT2D eigenvalue weighted by atomic mass is 10.1. The van der Waals surface area contributed by atoms with Crippen molar-refractivity contribution >= 4 is 34.9 Å². The SMILES string of the molecule is O=C1CCN(C2CC(=O)N(c3ccc(Cl)cc3)C2=O)CC1. The molecule has 2 aliphatic rings. The van der Waals surface area contributed by atoms with Crippen LogP contribution >= 0.6 is 11.6 Å². The Kier molecular flexibility index (Phi) is 3.78. The first-order valence-corrected chi connectivity index (χ1v) is 7.32. The van der Waals surface area contributed by atoms with E-state index in [-0.39, 0.29) is 24.0 Å². The maximum atomic E-state index is 12.5. The van der Waals surface area contributed by atoms with Gasteiger partial charge >= 0.3 is 0 Å². The number of carbonyl (C=O) groups is 3. The fourth-order valence-electron chi connectivity index (χ4n) is 2.85. The average molecular weight is 307 g/mol. The highest BCUT2D eigenvalue weighted by Gasteiger charge is 2.43. The van der Waals surface area contributed by atoms with E-state index in [2.05, 4.69) is 0 Å². The first kappa shape index (κ1) is 14.2. The van der Waals surface area contributed by atoms with Crippen LogP contribution in [-0.4, -0.2) is 41.6 Å². The van der Waals surface area contributed by atoms with Crippen LogP contribution in [-0.2, 0) is 14.4 Å². The molecule has 0 aromatic heterocycles. The predicted octanol–water partition coefficient (Wildman–Crippen LogP) is 1.64. The van der Waals surface area contributed by atoms with Gasteiger partial charge in [0.15, 0.2) is 0 Å². The molecule has 0 N–H and O–H groups in total. The Balaban J connectivity index is 1.79. The number of hydrogen-bond acceptors (Lipinski definition) is 4. The van der Waals surface area contributed by atoms with Gasteiger partial charge in [0, 0.05) is 31.0 Å². The van der Waals surface area contributed by atoms with Crippen LogP contribution in [0.5, 0.6) is 0 Å². The molecule has 5 nitrogen and oxygen atoms in total. The lowest BCUT2D eigenvalue weighted by Crippen LogP contribution is -2.46. The second-order valence-corrected chi connectivity index (χ2v) is 5.77. The Morgan fingerprint density at radius 3 is 2.24 bits per heavy atom. The van der Waals surface area contributed by atoms with E-state index < -0.39 is 6.04 Å². The van der Waals surface area contributed by atoms with E-state index in [1.165, 1.54) is 4.90 Å². The van der Waals surface area contributed by atoms with Crippen LogP contribution in [0.1, 0.15) is 19.3 Å². The van der Waals surface area contributed by atoms with E-state index in [1.807, 2.05) is 4.90 Å². The van der Waals surface area contributed by atoms with Crippen molar-refractivity contribution < 1.29 is 14.4 Å². The molecule has 3 rings (SSSR count). The highest BCUT2D eigenvalue weighted by molar-refractivity contribution is 6.30. The molecule has 2 amide bonds. The zero-order valence-electron chi connectivity index (χ0n) is 11.4. The minimum absolute atomic E-state index is 0.176. The highest BCUT2D eigenvalue weighted by Crippen LogP contribution is 2.27. The molecule has 21 heavy (non-hydrogen) atoms. The van der Waals surface area contributed by atoms with Gasteiger partial charge in [0.2, 0.25) is 5.91 Å². The number of amides is 2. The zero-order valence-corrected chi connectivity index (χ0v) is 12.2. The maximum absolute atomic E-state index is 12.5. The molecule has 1 aromatic carbocycles. The maximum Gasteiger partial charge on any atom is 0.251 e. The van der Waals surface area contributed by atoms with E-state index in [4.69, 9.17) is 11.6 Å². The van der Waals surface area contributed by atoms with Crippen molar-refractivity contribution in [1.29, 1.82) is 0 Å². The molecule has 2 saturated heterocycles. The molecule has 1 atom stereocenters. The number of imide groups is 1. The molecule has 2 fully saturated rings. The molecular formula is C15H15ClN2O3. The second kappa shape index (κ2) is 5.58. The molecule has 0 aliphatic carbocycles. The van der Waals surface area contributed by atoms with E-state index in [0.29, 0.717) is 36.6 Å². The van der Waals surface area contributed by atoms with Crippen LogP contribution in [0.4, 0.5) is 5.69 Å². The number of likely N-dealkylation sites (tertiary alicyclic amines) is 1. The summed E-state index contributed by atoms with van der Waals surface area (Å²) in [5.41, 5.74) is 0.546. The lowest BCUT2D eigenvalue weighted by Gasteiger charge is -2.29. The van der Waals surface area contributed by atoms with Gasteiger partial charge < -0.3 is 0 Å². The van der Waals surface area contributed by atoms with Gasteiger partial charge in [-0.05, 0) is 24.3 Å². The van der Waals surface area contributed by atoms with Crippen LogP contribution in [0, 0.1) is 0 Å². The zero-order chi connectivity index (χ0) is 15.0. The van der Waals surface area contributed by atoms with Crippen molar-refractivity contribution in [1.82, 2.24) is 4.90 Å². The third-order valence-electron chi connectivity index (χ3n) is 4.00. The molecule has 2 aliphatic heterocycles. The molecular weight excluding hydrogens is 292 g/mol. The van der Waals surface area contributed by atoms with E-state index in [0.717, 1.165) is 0 Å². The van der Waals surface area contributed by atoms with E-state index >= 15 is 0 Å². The predicted molar refractivity (Wildman–Crippen MR) is 78.2 cm³/mol. The first-order valence-electron chi connectivity index (χ1n) is 6.94. The van der Waals surface area contributed by atoms with E-state index in [9.17, 15) is 14.4 Å². The first-order chi connectivity index (χ1) is 10.1. The number of anilines is 1. The van der Waals surface area contributed by atoms with Crippen molar-refractivity contribution in [2.45, 2.75) is 25.3 Å². The van der Waals surface area contributed by atoms with Crippen LogP contribution in [0.25, 0.3) is 0 Å². The summed E-state index contributed by atoms with van der Waals surface area (Å²) in [5, 5.41) is 0.559. The summed E-state index contributed by atoms with van der Waals surface area (Å²) in [6.45, 7) is 1.11. The monoisotopic (exact) mass is 306 g/mol. The van der Waals surface area contributed by atoms with Gasteiger partial charge in [-0.2, -0.15) is 0 Å². The van der Waals surface area contributed by atoms with E-state index in [1.54, 1.807) is 24.3 Å². The van der Waals surface area contributed by atoms with Crippen LogP contribution in [0.3, 0.4) is 0 Å². The molecule has 2 heterocycles. The standard InChI is InChI=1S/C15H15ClN2O3/c16-10-1-3-11(4-2-10)18-14(20)9-13(15(18)21)17-7-5-12(19)6-8-17/h1-4,13H,5-9H2. The largest absolute Gasteiger partial charge is 0.300 e. The summed E-state index contributed by atoms with van der Waals surface area (Å²) in [4.78, 5) is 39.1. The average Bonchev–Trinajstić information content (AvgIpc) is 2.76. The smallest absolute Gasteiger partial charge is 0.251 e. The number of halogens is 1. The number of ketones is 1. The Hall–Kier alpha value is -1.72. The number of nitrogens with zero attached hydrogens (tertiary/aromatic N) is 2. The van der Waals surface area contributed by atoms with Gasteiger partial charge in [0.25, 0.3) is 5.91 Å². The summed E-state index contributed by atoms with van der Waals surface area (Å²) in [5.74, 6) is -0.196.